The van der Waals surface area contributed by atoms with Gasteiger partial charge in [0.1, 0.15) is 5.52 Å². The van der Waals surface area contributed by atoms with E-state index in [9.17, 15) is 4.79 Å². The number of nitrogens with zero attached hydrogens (tertiary/aromatic N) is 1. The third-order valence-electron chi connectivity index (χ3n) is 2.23. The van der Waals surface area contributed by atoms with Gasteiger partial charge in [-0.2, -0.15) is 0 Å². The Balaban J connectivity index is 2.20. The molecule has 0 saturated carbocycles. The summed E-state index contributed by atoms with van der Waals surface area (Å²) in [4.78, 5) is 18.7. The summed E-state index contributed by atoms with van der Waals surface area (Å²) in [5.41, 5.74) is 6.96. The zero-order valence-electron chi connectivity index (χ0n) is 9.33. The van der Waals surface area contributed by atoms with Crippen molar-refractivity contribution in [1.82, 2.24) is 9.97 Å². The van der Waals surface area contributed by atoms with Crippen LogP contribution >= 0.6 is 11.6 Å². The highest BCUT2D eigenvalue weighted by atomic mass is 35.5. The monoisotopic (exact) mass is 252 g/mol. The van der Waals surface area contributed by atoms with Gasteiger partial charge in [-0.1, -0.05) is 17.7 Å². The maximum atomic E-state index is 11.5. The van der Waals surface area contributed by atoms with Crippen molar-refractivity contribution in [2.75, 3.05) is 5.32 Å². The number of fused-ring (bicyclic) bond motifs is 1. The minimum atomic E-state index is -0.178. The van der Waals surface area contributed by atoms with Gasteiger partial charge in [-0.05, 0) is 19.1 Å². The Morgan fingerprint density at radius 1 is 1.65 bits per heavy atom. The Hall–Kier alpha value is -1.59. The van der Waals surface area contributed by atoms with Crippen LogP contribution in [-0.2, 0) is 4.79 Å². The molecule has 0 spiro atoms. The van der Waals surface area contributed by atoms with Crippen LogP contribution in [0.25, 0.3) is 11.0 Å². The first-order valence-corrected chi connectivity index (χ1v) is 5.63. The smallest absolute Gasteiger partial charge is 0.228 e. The number of halogens is 1. The number of hydrogen-bond acceptors (Lipinski definition) is 3. The predicted octanol–water partition coefficient (Wildman–Crippen LogP) is 1.89. The van der Waals surface area contributed by atoms with Gasteiger partial charge in [-0.3, -0.25) is 10.1 Å². The first-order valence-electron chi connectivity index (χ1n) is 5.26. The highest BCUT2D eigenvalue weighted by Gasteiger charge is 2.10. The molecule has 1 heterocycles. The Kier molecular flexibility index (Phi) is 3.31. The fourth-order valence-electron chi connectivity index (χ4n) is 1.53. The average molecular weight is 253 g/mol. The van der Waals surface area contributed by atoms with Crippen LogP contribution in [0.2, 0.25) is 5.02 Å². The van der Waals surface area contributed by atoms with Gasteiger partial charge >= 0.3 is 0 Å². The Morgan fingerprint density at radius 3 is 3.06 bits per heavy atom. The molecule has 0 aliphatic rings. The normalized spacial score (nSPS) is 12.6. The summed E-state index contributed by atoms with van der Waals surface area (Å²) in [5.74, 6) is 0.217. The van der Waals surface area contributed by atoms with Crippen LogP contribution in [0.1, 0.15) is 13.3 Å². The lowest BCUT2D eigenvalue weighted by atomic mass is 10.2. The number of carbonyl (C=O) groups excluding carboxylic acids is 1. The molecule has 1 atom stereocenters. The van der Waals surface area contributed by atoms with E-state index < -0.39 is 0 Å². The van der Waals surface area contributed by atoms with Crippen LogP contribution in [0.15, 0.2) is 18.2 Å². The second kappa shape index (κ2) is 4.73. The molecule has 1 amide bonds. The number of nitrogens with one attached hydrogen (secondary N) is 2. The molecule has 6 heteroatoms. The number of benzene rings is 1. The maximum Gasteiger partial charge on any atom is 0.228 e. The molecule has 0 bridgehead atoms. The second-order valence-corrected chi connectivity index (χ2v) is 4.36. The molecule has 1 aromatic heterocycles. The van der Waals surface area contributed by atoms with Crippen LogP contribution in [0, 0.1) is 0 Å². The molecule has 17 heavy (non-hydrogen) atoms. The molecule has 2 aromatic rings. The van der Waals surface area contributed by atoms with Crippen molar-refractivity contribution in [2.45, 2.75) is 19.4 Å². The van der Waals surface area contributed by atoms with Gasteiger partial charge in [0.05, 0.1) is 10.5 Å². The number of aromatic nitrogens is 2. The number of hydrogen-bond donors (Lipinski definition) is 3. The molecule has 0 aliphatic carbocycles. The van der Waals surface area contributed by atoms with E-state index in [1.54, 1.807) is 13.0 Å². The van der Waals surface area contributed by atoms with Crippen molar-refractivity contribution >= 4 is 34.5 Å². The number of amides is 1. The van der Waals surface area contributed by atoms with Crippen molar-refractivity contribution in [3.05, 3.63) is 23.2 Å². The molecular weight excluding hydrogens is 240 g/mol. The minimum absolute atomic E-state index is 0.171. The van der Waals surface area contributed by atoms with E-state index in [-0.39, 0.29) is 18.4 Å². The molecule has 2 rings (SSSR count). The Morgan fingerprint density at radius 2 is 2.41 bits per heavy atom. The van der Waals surface area contributed by atoms with Gasteiger partial charge in [-0.15, -0.1) is 0 Å². The number of imidazole rings is 1. The topological polar surface area (TPSA) is 83.8 Å². The van der Waals surface area contributed by atoms with Gasteiger partial charge in [0.25, 0.3) is 0 Å². The fraction of sp³-hybridized carbons (Fsp3) is 0.273. The number of rotatable bonds is 3. The number of nitrogens with two attached hydrogens (primary N) is 1. The van der Waals surface area contributed by atoms with Crippen LogP contribution < -0.4 is 11.1 Å². The summed E-state index contributed by atoms with van der Waals surface area (Å²) in [6.07, 6.45) is 0.255. The number of carbonyl (C=O) groups is 1. The summed E-state index contributed by atoms with van der Waals surface area (Å²) in [5, 5.41) is 3.19. The first kappa shape index (κ1) is 11.9. The summed E-state index contributed by atoms with van der Waals surface area (Å²) in [6.45, 7) is 1.77. The van der Waals surface area contributed by atoms with E-state index in [0.717, 1.165) is 5.52 Å². The Labute approximate surface area is 103 Å². The van der Waals surface area contributed by atoms with Gasteiger partial charge in [0, 0.05) is 12.5 Å². The van der Waals surface area contributed by atoms with E-state index in [4.69, 9.17) is 17.3 Å². The lowest BCUT2D eigenvalue weighted by Crippen LogP contribution is -2.24. The largest absolute Gasteiger partial charge is 0.327 e. The standard InChI is InChI=1S/C11H13ClN4O/c1-6(13)5-9(17)15-11-14-8-4-2-3-7(12)10(8)16-11/h2-4,6H,5,13H2,1H3,(H2,14,15,16,17). The van der Waals surface area contributed by atoms with E-state index in [0.29, 0.717) is 16.5 Å². The third-order valence-corrected chi connectivity index (χ3v) is 2.53. The molecule has 4 N–H and O–H groups in total. The Bertz CT molecular complexity index is 549. The third kappa shape index (κ3) is 2.75. The van der Waals surface area contributed by atoms with Gasteiger partial charge < -0.3 is 10.7 Å². The quantitative estimate of drug-likeness (QED) is 0.780. The molecule has 5 nitrogen and oxygen atoms in total. The van der Waals surface area contributed by atoms with Crippen LogP contribution in [0.3, 0.4) is 0 Å². The number of aromatic amines is 1. The van der Waals surface area contributed by atoms with Crippen molar-refractivity contribution in [1.29, 1.82) is 0 Å². The van der Waals surface area contributed by atoms with E-state index in [1.807, 2.05) is 12.1 Å². The lowest BCUT2D eigenvalue weighted by molar-refractivity contribution is -0.116. The van der Waals surface area contributed by atoms with Crippen molar-refractivity contribution in [3.8, 4) is 0 Å². The minimum Gasteiger partial charge on any atom is -0.327 e. The summed E-state index contributed by atoms with van der Waals surface area (Å²) < 4.78 is 0. The van der Waals surface area contributed by atoms with Crippen LogP contribution in [0.5, 0.6) is 0 Å². The second-order valence-electron chi connectivity index (χ2n) is 3.95. The predicted molar refractivity (Wildman–Crippen MR) is 68.0 cm³/mol. The fourth-order valence-corrected chi connectivity index (χ4v) is 1.75. The number of H-pyrrole nitrogens is 1. The molecule has 0 aliphatic heterocycles. The summed E-state index contributed by atoms with van der Waals surface area (Å²) >= 11 is 5.98. The molecule has 1 unspecified atom stereocenters. The molecule has 0 fully saturated rings. The van der Waals surface area contributed by atoms with Crippen LogP contribution in [-0.4, -0.2) is 21.9 Å². The van der Waals surface area contributed by atoms with Gasteiger partial charge in [0.15, 0.2) is 0 Å². The van der Waals surface area contributed by atoms with E-state index in [2.05, 4.69) is 15.3 Å². The molecular formula is C11H13ClN4O. The van der Waals surface area contributed by atoms with Gasteiger partial charge in [0.2, 0.25) is 11.9 Å². The summed E-state index contributed by atoms with van der Waals surface area (Å²) in [7, 11) is 0. The lowest BCUT2D eigenvalue weighted by Gasteiger charge is -2.03. The zero-order chi connectivity index (χ0) is 12.4. The summed E-state index contributed by atoms with van der Waals surface area (Å²) in [6, 6.07) is 5.23. The number of anilines is 1. The van der Waals surface area contributed by atoms with Crippen molar-refractivity contribution in [3.63, 3.8) is 0 Å². The van der Waals surface area contributed by atoms with E-state index in [1.165, 1.54) is 0 Å². The SMILES string of the molecule is CC(N)CC(=O)Nc1nc2c(Cl)cccc2[nH]1. The zero-order valence-corrected chi connectivity index (χ0v) is 10.1. The van der Waals surface area contributed by atoms with E-state index >= 15 is 0 Å². The van der Waals surface area contributed by atoms with Crippen molar-refractivity contribution in [2.24, 2.45) is 5.73 Å². The highest BCUT2D eigenvalue weighted by Crippen LogP contribution is 2.22. The maximum absolute atomic E-state index is 11.5. The highest BCUT2D eigenvalue weighted by molar-refractivity contribution is 6.35. The molecule has 90 valence electrons. The molecule has 0 saturated heterocycles. The van der Waals surface area contributed by atoms with Gasteiger partial charge in [-0.25, -0.2) is 4.98 Å². The van der Waals surface area contributed by atoms with Crippen molar-refractivity contribution < 1.29 is 4.79 Å². The average Bonchev–Trinajstić information content (AvgIpc) is 2.60. The molecule has 1 aromatic carbocycles. The first-order chi connectivity index (χ1) is 8.06. The number of para-hydroxylation sites is 1. The van der Waals surface area contributed by atoms with Crippen LogP contribution in [0.4, 0.5) is 5.95 Å². The molecule has 0 radical (unpaired) electrons.